The first-order chi connectivity index (χ1) is 13.9. The summed E-state index contributed by atoms with van der Waals surface area (Å²) in [7, 11) is 0. The van der Waals surface area contributed by atoms with E-state index in [1.54, 1.807) is 11.3 Å². The number of rotatable bonds is 5. The van der Waals surface area contributed by atoms with Crippen LogP contribution < -0.4 is 5.32 Å². The van der Waals surface area contributed by atoms with Crippen LogP contribution in [0.15, 0.2) is 28.2 Å². The summed E-state index contributed by atoms with van der Waals surface area (Å²) in [6.07, 6.45) is 2.71. The molecule has 3 aromatic heterocycles. The summed E-state index contributed by atoms with van der Waals surface area (Å²) in [5, 5.41) is 9.18. The van der Waals surface area contributed by atoms with Gasteiger partial charge in [-0.05, 0) is 51.3 Å². The van der Waals surface area contributed by atoms with E-state index in [1.807, 2.05) is 51.4 Å². The number of aromatic nitrogens is 2. The van der Waals surface area contributed by atoms with Gasteiger partial charge in [0.15, 0.2) is 0 Å². The van der Waals surface area contributed by atoms with E-state index in [0.29, 0.717) is 0 Å². The smallest absolute Gasteiger partial charge is 0.252 e. The molecule has 0 saturated heterocycles. The molecule has 1 N–H and O–H groups in total. The van der Waals surface area contributed by atoms with Crippen molar-refractivity contribution in [3.05, 3.63) is 68.0 Å². The molecule has 0 aliphatic carbocycles. The molecule has 0 fully saturated rings. The second-order valence-electron chi connectivity index (χ2n) is 7.74. The molecule has 1 atom stereocenters. The zero-order valence-corrected chi connectivity index (χ0v) is 18.1. The zero-order chi connectivity index (χ0) is 20.5. The van der Waals surface area contributed by atoms with E-state index in [9.17, 15) is 4.79 Å². The normalized spacial score (nSPS) is 15.2. The maximum Gasteiger partial charge on any atom is 0.252 e. The lowest BCUT2D eigenvalue weighted by atomic mass is 10.0. The number of fused-ring (bicyclic) bond motifs is 1. The minimum Gasteiger partial charge on any atom is -0.361 e. The fourth-order valence-electron chi connectivity index (χ4n) is 3.75. The van der Waals surface area contributed by atoms with Gasteiger partial charge in [0.2, 0.25) is 0 Å². The molecular weight excluding hydrogens is 384 g/mol. The van der Waals surface area contributed by atoms with Gasteiger partial charge >= 0.3 is 0 Å². The zero-order valence-electron chi connectivity index (χ0n) is 17.3. The highest BCUT2D eigenvalue weighted by Crippen LogP contribution is 2.30. The Balaban J connectivity index is 1.43. The standard InChI is InChI=1S/C22H26N4O2S/c1-13-5-6-17(9-23-13)14(2)24-22(27)20-12-29-21-11-26(8-7-18(20)21)10-19-15(3)25-28-16(19)4/h5-6,9,12,14H,7-8,10-11H2,1-4H3,(H,24,27)/t14-/m1/s1. The van der Waals surface area contributed by atoms with Crippen molar-refractivity contribution < 1.29 is 9.32 Å². The van der Waals surface area contributed by atoms with Gasteiger partial charge in [-0.2, -0.15) is 0 Å². The van der Waals surface area contributed by atoms with Gasteiger partial charge < -0.3 is 9.84 Å². The van der Waals surface area contributed by atoms with Crippen molar-refractivity contribution >= 4 is 17.2 Å². The second kappa shape index (κ2) is 8.08. The Morgan fingerprint density at radius 1 is 1.34 bits per heavy atom. The number of pyridine rings is 1. The predicted molar refractivity (Wildman–Crippen MR) is 113 cm³/mol. The first kappa shape index (κ1) is 19.8. The summed E-state index contributed by atoms with van der Waals surface area (Å²) in [5.41, 5.74) is 6.12. The average molecular weight is 411 g/mol. The largest absolute Gasteiger partial charge is 0.361 e. The fourth-order valence-corrected chi connectivity index (χ4v) is 4.87. The number of aryl methyl sites for hydroxylation is 3. The maximum atomic E-state index is 12.9. The third kappa shape index (κ3) is 4.11. The quantitative estimate of drug-likeness (QED) is 0.685. The Morgan fingerprint density at radius 2 is 2.17 bits per heavy atom. The molecule has 7 heteroatoms. The van der Waals surface area contributed by atoms with Crippen LogP contribution in [-0.2, 0) is 19.5 Å². The van der Waals surface area contributed by atoms with Crippen LogP contribution in [0.5, 0.6) is 0 Å². The Bertz CT molecular complexity index is 1000. The number of carbonyl (C=O) groups excluding carboxylic acids is 1. The molecule has 1 aliphatic heterocycles. The van der Waals surface area contributed by atoms with Crippen LogP contribution in [0.2, 0.25) is 0 Å². The van der Waals surface area contributed by atoms with E-state index < -0.39 is 0 Å². The van der Waals surface area contributed by atoms with E-state index in [0.717, 1.165) is 54.3 Å². The van der Waals surface area contributed by atoms with Crippen molar-refractivity contribution in [3.63, 3.8) is 0 Å². The first-order valence-corrected chi connectivity index (χ1v) is 10.8. The van der Waals surface area contributed by atoms with Gasteiger partial charge in [0, 0.05) is 47.3 Å². The van der Waals surface area contributed by atoms with Gasteiger partial charge in [0.05, 0.1) is 17.3 Å². The lowest BCUT2D eigenvalue weighted by Crippen LogP contribution is -2.32. The van der Waals surface area contributed by atoms with Crippen molar-refractivity contribution in [3.8, 4) is 0 Å². The molecule has 1 amide bonds. The number of hydrogen-bond acceptors (Lipinski definition) is 6. The van der Waals surface area contributed by atoms with Gasteiger partial charge in [-0.15, -0.1) is 11.3 Å². The van der Waals surface area contributed by atoms with Crippen molar-refractivity contribution in [1.82, 2.24) is 20.4 Å². The summed E-state index contributed by atoms with van der Waals surface area (Å²) >= 11 is 1.68. The molecule has 1 aliphatic rings. The molecule has 0 saturated carbocycles. The molecular formula is C22H26N4O2S. The average Bonchev–Trinajstić information content (AvgIpc) is 3.26. The van der Waals surface area contributed by atoms with Crippen molar-refractivity contribution in [2.75, 3.05) is 6.54 Å². The van der Waals surface area contributed by atoms with Crippen LogP contribution in [0.1, 0.15) is 62.0 Å². The highest BCUT2D eigenvalue weighted by molar-refractivity contribution is 7.10. The number of nitrogens with one attached hydrogen (secondary N) is 1. The van der Waals surface area contributed by atoms with Crippen LogP contribution in [0.25, 0.3) is 0 Å². The molecule has 6 nitrogen and oxygen atoms in total. The molecule has 0 radical (unpaired) electrons. The molecule has 29 heavy (non-hydrogen) atoms. The molecule has 0 unspecified atom stereocenters. The number of nitrogens with zero attached hydrogens (tertiary/aromatic N) is 3. The summed E-state index contributed by atoms with van der Waals surface area (Å²) in [4.78, 5) is 20.9. The van der Waals surface area contributed by atoms with Crippen LogP contribution in [-0.4, -0.2) is 27.5 Å². The Morgan fingerprint density at radius 3 is 2.86 bits per heavy atom. The predicted octanol–water partition coefficient (Wildman–Crippen LogP) is 4.11. The minimum atomic E-state index is -0.0780. The minimum absolute atomic E-state index is 0.00486. The van der Waals surface area contributed by atoms with E-state index in [4.69, 9.17) is 4.52 Å². The van der Waals surface area contributed by atoms with E-state index in [1.165, 1.54) is 16.0 Å². The van der Waals surface area contributed by atoms with Crippen LogP contribution in [0, 0.1) is 20.8 Å². The van der Waals surface area contributed by atoms with Crippen LogP contribution in [0.4, 0.5) is 0 Å². The number of amides is 1. The summed E-state index contributed by atoms with van der Waals surface area (Å²) in [6.45, 7) is 10.5. The number of thiophene rings is 1. The topological polar surface area (TPSA) is 71.3 Å². The molecule has 0 spiro atoms. The van der Waals surface area contributed by atoms with E-state index in [2.05, 4.69) is 20.4 Å². The van der Waals surface area contributed by atoms with E-state index >= 15 is 0 Å². The van der Waals surface area contributed by atoms with Crippen LogP contribution in [0.3, 0.4) is 0 Å². The molecule has 0 aromatic carbocycles. The van der Waals surface area contributed by atoms with Gasteiger partial charge in [0.1, 0.15) is 5.76 Å². The molecule has 4 heterocycles. The third-order valence-corrected chi connectivity index (χ3v) is 6.63. The fraction of sp³-hybridized carbons (Fsp3) is 0.409. The Kier molecular flexibility index (Phi) is 5.52. The Hall–Kier alpha value is -2.51. The van der Waals surface area contributed by atoms with Gasteiger partial charge in [0.25, 0.3) is 5.91 Å². The summed E-state index contributed by atoms with van der Waals surface area (Å²) < 4.78 is 5.29. The maximum absolute atomic E-state index is 12.9. The van der Waals surface area contributed by atoms with Gasteiger partial charge in [-0.3, -0.25) is 14.7 Å². The summed E-state index contributed by atoms with van der Waals surface area (Å²) in [5.74, 6) is 0.883. The lowest BCUT2D eigenvalue weighted by Gasteiger charge is -2.27. The lowest BCUT2D eigenvalue weighted by molar-refractivity contribution is 0.0938. The molecule has 4 rings (SSSR count). The highest BCUT2D eigenvalue weighted by atomic mass is 32.1. The Labute approximate surface area is 174 Å². The number of hydrogen-bond donors (Lipinski definition) is 1. The van der Waals surface area contributed by atoms with Gasteiger partial charge in [-0.25, -0.2) is 0 Å². The van der Waals surface area contributed by atoms with Gasteiger partial charge in [-0.1, -0.05) is 11.2 Å². The second-order valence-corrected chi connectivity index (χ2v) is 8.71. The van der Waals surface area contributed by atoms with Crippen LogP contribution >= 0.6 is 11.3 Å². The van der Waals surface area contributed by atoms with E-state index in [-0.39, 0.29) is 11.9 Å². The summed E-state index contributed by atoms with van der Waals surface area (Å²) in [6, 6.07) is 3.91. The molecule has 3 aromatic rings. The monoisotopic (exact) mass is 410 g/mol. The molecule has 152 valence electrons. The van der Waals surface area contributed by atoms with Crippen molar-refractivity contribution in [2.24, 2.45) is 0 Å². The third-order valence-electron chi connectivity index (χ3n) is 5.62. The SMILES string of the molecule is Cc1ccc([C@@H](C)NC(=O)c2csc3c2CCN(Cc2c(C)noc2C)C3)cn1. The number of carbonyl (C=O) groups is 1. The molecule has 0 bridgehead atoms. The van der Waals surface area contributed by atoms with Crippen molar-refractivity contribution in [2.45, 2.75) is 53.2 Å². The highest BCUT2D eigenvalue weighted by Gasteiger charge is 2.25. The first-order valence-electron chi connectivity index (χ1n) is 9.89. The van der Waals surface area contributed by atoms with Crippen molar-refractivity contribution in [1.29, 1.82) is 0 Å².